The number of ether oxygens (including phenoxy) is 2. The molecular weight excluding hydrogens is 318 g/mol. The first-order chi connectivity index (χ1) is 11.0. The van der Waals surface area contributed by atoms with E-state index in [1.54, 1.807) is 37.3 Å². The molecule has 0 aromatic heterocycles. The summed E-state index contributed by atoms with van der Waals surface area (Å²) in [6.07, 6.45) is 1.62. The van der Waals surface area contributed by atoms with Crippen LogP contribution < -0.4 is 4.74 Å². The van der Waals surface area contributed by atoms with Crippen LogP contribution in [0.4, 0.5) is 4.79 Å². The van der Waals surface area contributed by atoms with Gasteiger partial charge in [-0.05, 0) is 49.4 Å². The first-order valence-corrected chi connectivity index (χ1v) is 8.00. The second-order valence-electron chi connectivity index (χ2n) is 4.57. The Morgan fingerprint density at radius 2 is 1.87 bits per heavy atom. The van der Waals surface area contributed by atoms with Crippen molar-refractivity contribution >= 4 is 35.0 Å². The van der Waals surface area contributed by atoms with Crippen LogP contribution in [0.1, 0.15) is 19.4 Å². The van der Waals surface area contributed by atoms with E-state index in [1.807, 2.05) is 6.92 Å². The smallest absolute Gasteiger partial charge is 0.326 e. The van der Waals surface area contributed by atoms with Crippen molar-refractivity contribution in [3.63, 3.8) is 0 Å². The summed E-state index contributed by atoms with van der Waals surface area (Å²) in [6.45, 7) is 3.98. The lowest BCUT2D eigenvalue weighted by Gasteiger charge is -2.10. The molecule has 0 aliphatic carbocycles. The SMILES string of the molecule is CCOC(=O)CN1C(=O)S/C(=C/c2ccc(OCC)cc2)C1=O. The molecule has 1 heterocycles. The lowest BCUT2D eigenvalue weighted by Crippen LogP contribution is -2.34. The monoisotopic (exact) mass is 335 g/mol. The van der Waals surface area contributed by atoms with E-state index in [0.29, 0.717) is 6.61 Å². The Kier molecular flexibility index (Phi) is 5.81. The molecule has 7 heteroatoms. The molecule has 1 saturated heterocycles. The third kappa shape index (κ3) is 4.35. The van der Waals surface area contributed by atoms with Crippen LogP contribution in [0, 0.1) is 0 Å². The summed E-state index contributed by atoms with van der Waals surface area (Å²) in [5.74, 6) is -0.348. The zero-order valence-corrected chi connectivity index (χ0v) is 13.7. The second kappa shape index (κ2) is 7.82. The van der Waals surface area contributed by atoms with Crippen LogP contribution in [0.3, 0.4) is 0 Å². The number of benzene rings is 1. The van der Waals surface area contributed by atoms with Crippen molar-refractivity contribution in [3.05, 3.63) is 34.7 Å². The molecule has 23 heavy (non-hydrogen) atoms. The molecular formula is C16H17NO5S. The summed E-state index contributed by atoms with van der Waals surface area (Å²) in [5.41, 5.74) is 0.773. The fourth-order valence-corrected chi connectivity index (χ4v) is 2.79. The topological polar surface area (TPSA) is 72.9 Å². The number of carbonyl (C=O) groups excluding carboxylic acids is 3. The van der Waals surface area contributed by atoms with E-state index in [2.05, 4.69) is 0 Å². The molecule has 1 aliphatic heterocycles. The minimum absolute atomic E-state index is 0.205. The van der Waals surface area contributed by atoms with Gasteiger partial charge in [-0.25, -0.2) is 0 Å². The molecule has 2 amide bonds. The Labute approximate surface area is 138 Å². The van der Waals surface area contributed by atoms with Gasteiger partial charge in [-0.15, -0.1) is 0 Å². The maximum absolute atomic E-state index is 12.2. The Morgan fingerprint density at radius 3 is 2.48 bits per heavy atom. The molecule has 122 valence electrons. The van der Waals surface area contributed by atoms with Crippen LogP contribution in [0.5, 0.6) is 5.75 Å². The molecule has 1 aromatic carbocycles. The number of carbonyl (C=O) groups is 3. The van der Waals surface area contributed by atoms with Crippen molar-refractivity contribution in [2.45, 2.75) is 13.8 Å². The number of hydrogen-bond acceptors (Lipinski definition) is 6. The molecule has 0 atom stereocenters. The Morgan fingerprint density at radius 1 is 1.17 bits per heavy atom. The van der Waals surface area contributed by atoms with Crippen LogP contribution in [0.15, 0.2) is 29.2 Å². The third-order valence-corrected chi connectivity index (χ3v) is 3.86. The number of rotatable bonds is 6. The van der Waals surface area contributed by atoms with Crippen LogP contribution >= 0.6 is 11.8 Å². The summed E-state index contributed by atoms with van der Waals surface area (Å²) in [7, 11) is 0. The van der Waals surface area contributed by atoms with Gasteiger partial charge in [0.15, 0.2) is 0 Å². The van der Waals surface area contributed by atoms with E-state index in [1.165, 1.54) is 0 Å². The molecule has 2 rings (SSSR count). The first-order valence-electron chi connectivity index (χ1n) is 7.19. The second-order valence-corrected chi connectivity index (χ2v) is 5.57. The highest BCUT2D eigenvalue weighted by Crippen LogP contribution is 2.32. The van der Waals surface area contributed by atoms with Crippen molar-refractivity contribution < 1.29 is 23.9 Å². The molecule has 1 fully saturated rings. The highest BCUT2D eigenvalue weighted by atomic mass is 32.2. The summed E-state index contributed by atoms with van der Waals surface area (Å²) in [4.78, 5) is 36.7. The fraction of sp³-hybridized carbons (Fsp3) is 0.312. The van der Waals surface area contributed by atoms with Gasteiger partial charge in [0.05, 0.1) is 18.1 Å². The Hall–Kier alpha value is -2.28. The predicted octanol–water partition coefficient (Wildman–Crippen LogP) is 2.68. The first kappa shape index (κ1) is 17.1. The van der Waals surface area contributed by atoms with Crippen molar-refractivity contribution in [1.82, 2.24) is 4.90 Å². The van der Waals surface area contributed by atoms with Crippen LogP contribution in [0.2, 0.25) is 0 Å². The van der Waals surface area contributed by atoms with E-state index < -0.39 is 17.1 Å². The molecule has 1 aliphatic rings. The van der Waals surface area contributed by atoms with Gasteiger partial charge in [-0.1, -0.05) is 12.1 Å². The van der Waals surface area contributed by atoms with E-state index in [9.17, 15) is 14.4 Å². The molecule has 0 radical (unpaired) electrons. The minimum atomic E-state index is -0.600. The number of imide groups is 1. The Bertz CT molecular complexity index is 638. The van der Waals surface area contributed by atoms with Gasteiger partial charge in [0.1, 0.15) is 12.3 Å². The minimum Gasteiger partial charge on any atom is -0.494 e. The number of nitrogens with zero attached hydrogens (tertiary/aromatic N) is 1. The van der Waals surface area contributed by atoms with Gasteiger partial charge in [0.2, 0.25) is 0 Å². The maximum Gasteiger partial charge on any atom is 0.326 e. The van der Waals surface area contributed by atoms with Crippen molar-refractivity contribution in [2.75, 3.05) is 19.8 Å². The highest BCUT2D eigenvalue weighted by Gasteiger charge is 2.36. The Balaban J connectivity index is 2.10. The summed E-state index contributed by atoms with van der Waals surface area (Å²) in [6, 6.07) is 7.17. The van der Waals surface area contributed by atoms with Crippen LogP contribution in [0.25, 0.3) is 6.08 Å². The van der Waals surface area contributed by atoms with Gasteiger partial charge in [0, 0.05) is 0 Å². The normalized spacial score (nSPS) is 16.1. The maximum atomic E-state index is 12.2. The molecule has 0 N–H and O–H groups in total. The fourth-order valence-electron chi connectivity index (χ4n) is 1.95. The largest absolute Gasteiger partial charge is 0.494 e. The summed E-state index contributed by atoms with van der Waals surface area (Å²) < 4.78 is 10.1. The number of thioether (sulfide) groups is 1. The van der Waals surface area contributed by atoms with E-state index >= 15 is 0 Å². The van der Waals surface area contributed by atoms with Gasteiger partial charge in [-0.3, -0.25) is 19.3 Å². The van der Waals surface area contributed by atoms with Crippen LogP contribution in [-0.4, -0.2) is 41.8 Å². The van der Waals surface area contributed by atoms with Gasteiger partial charge >= 0.3 is 5.97 Å². The van der Waals surface area contributed by atoms with Crippen molar-refractivity contribution in [1.29, 1.82) is 0 Å². The lowest BCUT2D eigenvalue weighted by molar-refractivity contribution is -0.145. The summed E-state index contributed by atoms with van der Waals surface area (Å²) >= 11 is 0.811. The standard InChI is InChI=1S/C16H17NO5S/c1-3-21-12-7-5-11(6-8-12)9-13-15(19)17(16(20)23-13)10-14(18)22-4-2/h5-9H,3-4,10H2,1-2H3/b13-9+. The highest BCUT2D eigenvalue weighted by molar-refractivity contribution is 8.18. The van der Waals surface area contributed by atoms with Gasteiger partial charge in [-0.2, -0.15) is 0 Å². The molecule has 6 nitrogen and oxygen atoms in total. The lowest BCUT2D eigenvalue weighted by atomic mass is 10.2. The van der Waals surface area contributed by atoms with E-state index in [4.69, 9.17) is 9.47 Å². The van der Waals surface area contributed by atoms with Crippen molar-refractivity contribution in [2.24, 2.45) is 0 Å². The molecule has 0 unspecified atom stereocenters. The zero-order valence-electron chi connectivity index (χ0n) is 12.9. The van der Waals surface area contributed by atoms with Gasteiger partial charge < -0.3 is 9.47 Å². The predicted molar refractivity (Wildman–Crippen MR) is 86.9 cm³/mol. The third-order valence-electron chi connectivity index (χ3n) is 2.95. The van der Waals surface area contributed by atoms with Crippen molar-refractivity contribution in [3.8, 4) is 5.75 Å². The van der Waals surface area contributed by atoms with E-state index in [-0.39, 0.29) is 18.1 Å². The quantitative estimate of drug-likeness (QED) is 0.588. The zero-order chi connectivity index (χ0) is 16.8. The van der Waals surface area contributed by atoms with E-state index in [0.717, 1.165) is 28.0 Å². The average molecular weight is 335 g/mol. The average Bonchev–Trinajstić information content (AvgIpc) is 2.77. The number of amides is 2. The molecule has 0 spiro atoms. The molecule has 0 saturated carbocycles. The molecule has 1 aromatic rings. The van der Waals surface area contributed by atoms with Gasteiger partial charge in [0.25, 0.3) is 11.1 Å². The van der Waals surface area contributed by atoms with Crippen LogP contribution in [-0.2, 0) is 14.3 Å². The number of esters is 1. The summed E-state index contributed by atoms with van der Waals surface area (Å²) in [5, 5.41) is -0.472. The molecule has 0 bridgehead atoms. The number of hydrogen-bond donors (Lipinski definition) is 0.